The Hall–Kier alpha value is -2.62. The van der Waals surface area contributed by atoms with E-state index in [1.54, 1.807) is 24.3 Å². The molecule has 3 aromatic rings. The van der Waals surface area contributed by atoms with Crippen molar-refractivity contribution in [3.63, 3.8) is 0 Å². The van der Waals surface area contributed by atoms with Crippen molar-refractivity contribution in [1.29, 1.82) is 0 Å². The van der Waals surface area contributed by atoms with Crippen molar-refractivity contribution in [2.45, 2.75) is 26.1 Å². The van der Waals surface area contributed by atoms with Gasteiger partial charge in [0, 0.05) is 6.61 Å². The molecule has 164 valence electrons. The normalized spacial score (nSPS) is 11.4. The summed E-state index contributed by atoms with van der Waals surface area (Å²) >= 11 is 7.30. The van der Waals surface area contributed by atoms with Crippen LogP contribution in [-0.4, -0.2) is 16.9 Å². The zero-order chi connectivity index (χ0) is 22.4. The van der Waals surface area contributed by atoms with Crippen LogP contribution in [-0.2, 0) is 28.7 Å². The molecule has 0 aliphatic rings. The van der Waals surface area contributed by atoms with Gasteiger partial charge in [-0.2, -0.15) is 17.5 Å². The number of hydrogen-bond donors (Lipinski definition) is 1. The van der Waals surface area contributed by atoms with Gasteiger partial charge in [-0.25, -0.2) is 0 Å². The van der Waals surface area contributed by atoms with E-state index in [2.05, 4.69) is 9.69 Å². The number of nitrogens with zero attached hydrogens (tertiary/aromatic N) is 1. The molecule has 0 unspecified atom stereocenters. The van der Waals surface area contributed by atoms with Gasteiger partial charge in [0.2, 0.25) is 5.91 Å². The van der Waals surface area contributed by atoms with Crippen LogP contribution in [0.1, 0.15) is 23.7 Å². The maximum absolute atomic E-state index is 12.6. The number of aromatic nitrogens is 1. The molecular formula is C21H18ClF3N2O3S. The van der Waals surface area contributed by atoms with Crippen LogP contribution in [0.25, 0.3) is 0 Å². The highest BCUT2D eigenvalue weighted by atomic mass is 35.5. The van der Waals surface area contributed by atoms with E-state index < -0.39 is 11.7 Å². The third-order valence-electron chi connectivity index (χ3n) is 4.10. The monoisotopic (exact) mass is 470 g/mol. The van der Waals surface area contributed by atoms with Crippen LogP contribution in [0.5, 0.6) is 11.5 Å². The molecule has 1 amide bonds. The van der Waals surface area contributed by atoms with Crippen molar-refractivity contribution < 1.29 is 27.4 Å². The second kappa shape index (κ2) is 10.1. The number of rotatable bonds is 8. The number of nitrogens with one attached hydrogen (secondary N) is 1. The summed E-state index contributed by atoms with van der Waals surface area (Å²) in [5.41, 5.74) is 0.563. The molecule has 0 bridgehead atoms. The summed E-state index contributed by atoms with van der Waals surface area (Å²) in [5, 5.41) is 3.56. The van der Waals surface area contributed by atoms with Crippen molar-refractivity contribution in [3.8, 4) is 11.5 Å². The molecule has 0 spiro atoms. The summed E-state index contributed by atoms with van der Waals surface area (Å²) in [6, 6.07) is 11.1. The summed E-state index contributed by atoms with van der Waals surface area (Å²) in [4.78, 5) is 12.3. The second-order valence-corrected chi connectivity index (χ2v) is 7.55. The quantitative estimate of drug-likeness (QED) is 0.418. The van der Waals surface area contributed by atoms with Gasteiger partial charge in [0.15, 0.2) is 0 Å². The third-order valence-corrected chi connectivity index (χ3v) is 5.42. The summed E-state index contributed by atoms with van der Waals surface area (Å²) < 4.78 is 52.8. The minimum absolute atomic E-state index is 0.107. The lowest BCUT2D eigenvalue weighted by molar-refractivity contribution is -0.137. The Morgan fingerprint density at radius 2 is 1.71 bits per heavy atom. The Morgan fingerprint density at radius 3 is 2.29 bits per heavy atom. The Bertz CT molecular complexity index is 1020. The maximum atomic E-state index is 12.6. The topological polar surface area (TPSA) is 60.5 Å². The molecule has 0 saturated carbocycles. The lowest BCUT2D eigenvalue weighted by atomic mass is 10.1. The molecule has 0 radical (unpaired) electrons. The van der Waals surface area contributed by atoms with E-state index >= 15 is 0 Å². The molecule has 1 heterocycles. The second-order valence-electron chi connectivity index (χ2n) is 6.40. The van der Waals surface area contributed by atoms with Crippen LogP contribution in [0.15, 0.2) is 48.5 Å². The minimum Gasteiger partial charge on any atom is -0.457 e. The zero-order valence-corrected chi connectivity index (χ0v) is 17.9. The van der Waals surface area contributed by atoms with Crippen LogP contribution in [0.4, 0.5) is 18.2 Å². The van der Waals surface area contributed by atoms with Gasteiger partial charge in [-0.15, -0.1) is 0 Å². The summed E-state index contributed by atoms with van der Waals surface area (Å²) in [7, 11) is 0. The first-order chi connectivity index (χ1) is 14.8. The van der Waals surface area contributed by atoms with Gasteiger partial charge >= 0.3 is 6.18 Å². The molecule has 0 aliphatic heterocycles. The molecule has 1 N–H and O–H groups in total. The Labute approximate surface area is 185 Å². The number of carbonyl (C=O) groups is 1. The van der Waals surface area contributed by atoms with Gasteiger partial charge in [-0.3, -0.25) is 4.79 Å². The molecule has 3 rings (SSSR count). The molecule has 0 fully saturated rings. The van der Waals surface area contributed by atoms with Gasteiger partial charge in [0.1, 0.15) is 27.2 Å². The van der Waals surface area contributed by atoms with E-state index in [-0.39, 0.29) is 24.7 Å². The number of alkyl halides is 3. The molecule has 5 nitrogen and oxygen atoms in total. The van der Waals surface area contributed by atoms with E-state index in [9.17, 15) is 18.0 Å². The first kappa shape index (κ1) is 23.1. The Morgan fingerprint density at radius 1 is 1.10 bits per heavy atom. The van der Waals surface area contributed by atoms with Gasteiger partial charge in [0.05, 0.1) is 18.6 Å². The predicted molar refractivity (Wildman–Crippen MR) is 113 cm³/mol. The molecule has 31 heavy (non-hydrogen) atoms. The number of ether oxygens (including phenoxy) is 2. The predicted octanol–water partition coefficient (Wildman–Crippen LogP) is 6.33. The average Bonchev–Trinajstić information content (AvgIpc) is 3.07. The van der Waals surface area contributed by atoms with Crippen molar-refractivity contribution in [2.75, 3.05) is 11.9 Å². The molecule has 10 heteroatoms. The molecule has 1 aromatic heterocycles. The number of halogens is 4. The van der Waals surface area contributed by atoms with Crippen LogP contribution in [0.2, 0.25) is 5.02 Å². The highest BCUT2D eigenvalue weighted by Crippen LogP contribution is 2.32. The van der Waals surface area contributed by atoms with E-state index in [0.717, 1.165) is 29.2 Å². The van der Waals surface area contributed by atoms with Gasteiger partial charge in [0.25, 0.3) is 0 Å². The van der Waals surface area contributed by atoms with Crippen molar-refractivity contribution >= 4 is 34.0 Å². The van der Waals surface area contributed by atoms with Gasteiger partial charge in [-0.1, -0.05) is 23.7 Å². The summed E-state index contributed by atoms with van der Waals surface area (Å²) in [6.07, 6.45) is -4.29. The maximum Gasteiger partial charge on any atom is 0.416 e. The third kappa shape index (κ3) is 6.43. The fourth-order valence-electron chi connectivity index (χ4n) is 2.56. The van der Waals surface area contributed by atoms with E-state index in [0.29, 0.717) is 28.1 Å². The largest absolute Gasteiger partial charge is 0.457 e. The number of hydrogen-bond acceptors (Lipinski definition) is 5. The van der Waals surface area contributed by atoms with E-state index in [1.807, 2.05) is 6.92 Å². The summed E-state index contributed by atoms with van der Waals surface area (Å²) in [6.45, 7) is 2.68. The smallest absolute Gasteiger partial charge is 0.416 e. The molecule has 0 saturated heterocycles. The number of carbonyl (C=O) groups excluding carboxylic acids is 1. The van der Waals surface area contributed by atoms with Crippen molar-refractivity contribution in [3.05, 3.63) is 70.4 Å². The van der Waals surface area contributed by atoms with Gasteiger partial charge < -0.3 is 14.8 Å². The standard InChI is InChI=1S/C21H18ClF3N2O3S/c1-2-29-12-17-19(22)20(31-27-17)26-18(28)11-13-3-7-15(8-4-13)30-16-9-5-14(6-10-16)21(23,24)25/h3-10H,2,11-12H2,1H3,(H,26,28). The summed E-state index contributed by atoms with van der Waals surface area (Å²) in [5.74, 6) is 0.459. The van der Waals surface area contributed by atoms with E-state index in [1.165, 1.54) is 12.1 Å². The van der Waals surface area contributed by atoms with E-state index in [4.69, 9.17) is 21.1 Å². The molecule has 0 aliphatic carbocycles. The zero-order valence-electron chi connectivity index (χ0n) is 16.3. The highest BCUT2D eigenvalue weighted by Gasteiger charge is 2.30. The Kier molecular flexibility index (Phi) is 7.53. The SMILES string of the molecule is CCOCc1nsc(NC(=O)Cc2ccc(Oc3ccc(C(F)(F)F)cc3)cc2)c1Cl. The van der Waals surface area contributed by atoms with Gasteiger partial charge in [-0.05, 0) is 60.4 Å². The highest BCUT2D eigenvalue weighted by molar-refractivity contribution is 7.11. The number of anilines is 1. The van der Waals surface area contributed by atoms with Crippen LogP contribution >= 0.6 is 23.1 Å². The molecule has 0 atom stereocenters. The van der Waals surface area contributed by atoms with Crippen molar-refractivity contribution in [1.82, 2.24) is 4.37 Å². The minimum atomic E-state index is -4.39. The lowest BCUT2D eigenvalue weighted by Gasteiger charge is -2.09. The van der Waals surface area contributed by atoms with Crippen LogP contribution in [0.3, 0.4) is 0 Å². The van der Waals surface area contributed by atoms with Crippen LogP contribution < -0.4 is 10.1 Å². The van der Waals surface area contributed by atoms with Crippen LogP contribution in [0, 0.1) is 0 Å². The average molecular weight is 471 g/mol. The number of amides is 1. The first-order valence-corrected chi connectivity index (χ1v) is 10.4. The number of benzene rings is 2. The Balaban J connectivity index is 1.55. The first-order valence-electron chi connectivity index (χ1n) is 9.22. The molecular weight excluding hydrogens is 453 g/mol. The fourth-order valence-corrected chi connectivity index (χ4v) is 3.56. The van der Waals surface area contributed by atoms with Crippen molar-refractivity contribution in [2.24, 2.45) is 0 Å². The fraction of sp³-hybridized carbons (Fsp3) is 0.238. The lowest BCUT2D eigenvalue weighted by Crippen LogP contribution is -2.13. The molecule has 2 aromatic carbocycles.